The predicted octanol–water partition coefficient (Wildman–Crippen LogP) is -0.431. The number of aldehydes is 1. The second-order valence-electron chi connectivity index (χ2n) is 31.5. The number of carbonyl (C=O) groups excluding carboxylic acids is 4. The highest BCUT2D eigenvalue weighted by atomic mass is 16.8. The molecule has 31 heteroatoms. The Kier molecular flexibility index (Phi) is 22.8. The van der Waals surface area contributed by atoms with Crippen LogP contribution in [0.3, 0.4) is 0 Å². The Bertz CT molecular complexity index is 3240. The first-order valence-corrected chi connectivity index (χ1v) is 35.2. The molecule has 5 aliphatic heterocycles. The fourth-order valence-electron chi connectivity index (χ4n) is 19.0. The Morgan fingerprint density at radius 3 is 1.87 bits per heavy atom. The molecule has 1 aromatic carbocycles. The summed E-state index contributed by atoms with van der Waals surface area (Å²) in [5, 5.41) is 144. The molecule has 1 aromatic rings. The van der Waals surface area contributed by atoms with Gasteiger partial charge in [0.15, 0.2) is 49.6 Å². The van der Waals surface area contributed by atoms with Gasteiger partial charge in [-0.15, -0.1) is 0 Å². The number of aliphatic hydroxyl groups excluding tert-OH is 12. The third-order valence-corrected chi connectivity index (χ3v) is 25.1. The van der Waals surface area contributed by atoms with E-state index in [4.69, 9.17) is 61.6 Å². The fourth-order valence-corrected chi connectivity index (χ4v) is 19.0. The van der Waals surface area contributed by atoms with Crippen LogP contribution in [-0.4, -0.2) is 277 Å². The number of carboxylic acids is 1. The zero-order valence-electron chi connectivity index (χ0n) is 58.8. The monoisotopic (exact) mass is 1450 g/mol. The number of hydrogen-bond acceptors (Lipinski definition) is 30. The summed E-state index contributed by atoms with van der Waals surface area (Å²) in [6.45, 7) is 14.8. The van der Waals surface area contributed by atoms with E-state index in [2.05, 4.69) is 40.7 Å². The molecule has 4 saturated carbocycles. The van der Waals surface area contributed by atoms with Gasteiger partial charge in [0.05, 0.1) is 50.2 Å². The van der Waals surface area contributed by atoms with Gasteiger partial charge in [-0.3, -0.25) is 9.59 Å². The van der Waals surface area contributed by atoms with Gasteiger partial charge < -0.3 is 133 Å². The Morgan fingerprint density at radius 1 is 0.608 bits per heavy atom. The molecule has 0 amide bonds. The van der Waals surface area contributed by atoms with Gasteiger partial charge in [-0.25, -0.2) is 9.59 Å². The van der Waals surface area contributed by atoms with E-state index in [1.54, 1.807) is 31.2 Å². The summed E-state index contributed by atoms with van der Waals surface area (Å²) in [4.78, 5) is 70.2. The third-order valence-electron chi connectivity index (χ3n) is 25.1. The minimum atomic E-state index is -2.22. The Balaban J connectivity index is 0.891. The number of esters is 3. The molecular weight excluding hydrogens is 1350 g/mol. The molecule has 31 nitrogen and oxygen atoms in total. The lowest BCUT2D eigenvalue weighted by Crippen LogP contribution is -2.69. The topological polar surface area (TPSA) is 468 Å². The number of rotatable bonds is 18. The van der Waals surface area contributed by atoms with Crippen LogP contribution in [0.25, 0.3) is 6.08 Å². The van der Waals surface area contributed by atoms with Crippen LogP contribution in [0.1, 0.15) is 126 Å². The molecule has 0 bridgehead atoms. The number of hydrogen-bond donors (Lipinski definition) is 13. The maximum Gasteiger partial charge on any atom is 0.335 e. The van der Waals surface area contributed by atoms with E-state index in [1.807, 2.05) is 0 Å². The average molecular weight is 1450 g/mol. The predicted molar refractivity (Wildman–Crippen MR) is 344 cm³/mol. The minimum Gasteiger partial charge on any atom is -0.497 e. The number of ether oxygens (including phenoxy) is 13. The quantitative estimate of drug-likeness (QED) is 0.0221. The molecule has 9 fully saturated rings. The molecule has 0 spiro atoms. The van der Waals surface area contributed by atoms with E-state index in [0.29, 0.717) is 49.8 Å². The van der Waals surface area contributed by atoms with Crippen LogP contribution in [0.5, 0.6) is 5.75 Å². The molecule has 5 heterocycles. The van der Waals surface area contributed by atoms with E-state index in [1.165, 1.54) is 27.0 Å². The molecule has 572 valence electrons. The maximum absolute atomic E-state index is 16.0. The number of aliphatic hydroxyl groups is 12. The number of allylic oxidation sites excluding steroid dienone is 2. The molecule has 0 unspecified atom stereocenters. The minimum absolute atomic E-state index is 0.0483. The van der Waals surface area contributed by atoms with Crippen LogP contribution in [-0.2, 0) is 80.8 Å². The van der Waals surface area contributed by atoms with Crippen molar-refractivity contribution in [3.8, 4) is 5.75 Å². The summed E-state index contributed by atoms with van der Waals surface area (Å²) >= 11 is 0. The van der Waals surface area contributed by atoms with Gasteiger partial charge in [-0.2, -0.15) is 0 Å². The third kappa shape index (κ3) is 13.8. The van der Waals surface area contributed by atoms with Crippen molar-refractivity contribution in [3.05, 3.63) is 47.6 Å². The largest absolute Gasteiger partial charge is 0.497 e. The van der Waals surface area contributed by atoms with Crippen molar-refractivity contribution in [1.82, 2.24) is 0 Å². The summed E-state index contributed by atoms with van der Waals surface area (Å²) in [5.74, 6) is -5.21. The first-order valence-electron chi connectivity index (χ1n) is 35.2. The molecule has 34 atom stereocenters. The van der Waals surface area contributed by atoms with Gasteiger partial charge in [0.1, 0.15) is 96.8 Å². The highest BCUT2D eigenvalue weighted by Crippen LogP contribution is 2.76. The van der Waals surface area contributed by atoms with Gasteiger partial charge in [-0.05, 0) is 135 Å². The normalized spacial score (nSPS) is 48.5. The Hall–Kier alpha value is -4.79. The van der Waals surface area contributed by atoms with Crippen molar-refractivity contribution in [2.45, 2.75) is 280 Å². The van der Waals surface area contributed by atoms with Crippen molar-refractivity contribution in [3.63, 3.8) is 0 Å². The van der Waals surface area contributed by atoms with Gasteiger partial charge in [0.25, 0.3) is 0 Å². The molecular formula is C71H102O31. The number of methoxy groups -OCH3 is 1. The van der Waals surface area contributed by atoms with Crippen LogP contribution in [0, 0.1) is 50.2 Å². The van der Waals surface area contributed by atoms with Crippen molar-refractivity contribution >= 4 is 36.2 Å². The van der Waals surface area contributed by atoms with Crippen LogP contribution < -0.4 is 4.74 Å². The fraction of sp³-hybridized carbons (Fsp3) is 0.789. The van der Waals surface area contributed by atoms with Crippen LogP contribution in [0.15, 0.2) is 42.0 Å². The maximum atomic E-state index is 16.0. The summed E-state index contributed by atoms with van der Waals surface area (Å²) in [5.41, 5.74) is -4.17. The van der Waals surface area contributed by atoms with Crippen LogP contribution in [0.4, 0.5) is 0 Å². The molecule has 5 saturated heterocycles. The number of benzene rings is 1. The summed E-state index contributed by atoms with van der Waals surface area (Å²) in [6.07, 6.45) is -37.4. The lowest BCUT2D eigenvalue weighted by Gasteiger charge is -2.71. The zero-order valence-corrected chi connectivity index (χ0v) is 58.8. The van der Waals surface area contributed by atoms with E-state index in [0.717, 1.165) is 24.9 Å². The van der Waals surface area contributed by atoms with Crippen molar-refractivity contribution in [1.29, 1.82) is 0 Å². The average Bonchev–Trinajstić information content (AvgIpc) is 0.669. The molecule has 0 radical (unpaired) electrons. The lowest BCUT2D eigenvalue weighted by atomic mass is 9.33. The highest BCUT2D eigenvalue weighted by Gasteiger charge is 2.73. The standard InChI is InChI=1S/C71H102O31/c1-30-44(78)47(81)50(84)61(92-30)101-58-56(94-32(3)74)53(97-43(77)18-13-33-11-14-34(90-10)15-12-33)31(2)93-63(58)102-65(89)71-24-23-66(4,5)25-36(71)35-16-17-40-67(6)21-20-42(68(7,29-73)39(67)19-22-69(40,8)70(35,9)26-41(71)76)96-64-57(100-62-51(85)48(82)46(80)38(27-72)95-62)54(52(86)55(99-64)59(87)88)98-60-49(83)45(79)37(75)28-91-60/h11-16,18,29-31,36-42,44-58,60-64,72,75-76,78-86H,17,19-28H2,1-10H3,(H,87,88)/b18-13-/t30-,31+,36-,37+,38+,39+,40+,41+,42-,44-,45-,46-,47+,48-,49+,50+,51+,52-,53-,54-,55-,56-,57+,58+,60-,61-,62-,63-,64+,67-,68-,69+,70+,71+/m0/s1. The number of carboxylic acid groups (broad SMARTS) is 1. The summed E-state index contributed by atoms with van der Waals surface area (Å²) in [6, 6.07) is 6.78. The van der Waals surface area contributed by atoms with Crippen LogP contribution in [0.2, 0.25) is 0 Å². The van der Waals surface area contributed by atoms with Gasteiger partial charge in [-0.1, -0.05) is 65.3 Å². The zero-order chi connectivity index (χ0) is 74.4. The van der Waals surface area contributed by atoms with Crippen LogP contribution >= 0.6 is 0 Å². The SMILES string of the molecule is COc1ccc(/C=C\C(=O)O[C@@H]2[C@H](OC(C)=O)[C@@H](O[C@@H]3O[C@@H](C)[C@H](O)[C@@H](O)[C@H]3O)[C@H](OC(=O)[C@]34CCC(C)(C)C[C@H]3C3=CC[C@@H]5[C@@]6(C)CC[C@H](O[C@@H]7O[C@H](C(=O)O)[C@@H](O)[C@H](O[C@@H]8OC[C@@H](O)[C@H](O)[C@H]8O)[C@H]7O[C@@H]7O[C@H](CO)[C@H](O)[C@H](O)[C@H]7O)[C@@](C)(C=O)[C@@H]6CC[C@@]5(C)[C@]3(C)C[C@H]4O)O[C@@H]2C)cc1. The molecule has 0 aromatic heterocycles. The van der Waals surface area contributed by atoms with Gasteiger partial charge in [0.2, 0.25) is 6.29 Å². The first-order chi connectivity index (χ1) is 47.9. The highest BCUT2D eigenvalue weighted by molar-refractivity contribution is 5.87. The number of fused-ring (bicyclic) bond motifs is 7. The van der Waals surface area contributed by atoms with Gasteiger partial charge >= 0.3 is 23.9 Å². The number of aliphatic carboxylic acids is 1. The second kappa shape index (κ2) is 29.8. The number of carbonyl (C=O) groups is 5. The smallest absolute Gasteiger partial charge is 0.335 e. The van der Waals surface area contributed by atoms with E-state index < -0.39 is 241 Å². The summed E-state index contributed by atoms with van der Waals surface area (Å²) in [7, 11) is 1.51. The van der Waals surface area contributed by atoms with E-state index in [9.17, 15) is 85.6 Å². The molecule has 13 N–H and O–H groups in total. The molecule has 102 heavy (non-hydrogen) atoms. The molecule has 5 aliphatic carbocycles. The molecule has 11 rings (SSSR count). The Labute approximate surface area is 589 Å². The summed E-state index contributed by atoms with van der Waals surface area (Å²) < 4.78 is 78.7. The Morgan fingerprint density at radius 2 is 1.24 bits per heavy atom. The first kappa shape index (κ1) is 78.3. The molecule has 10 aliphatic rings. The van der Waals surface area contributed by atoms with Crippen molar-refractivity contribution < 1.29 is 152 Å². The van der Waals surface area contributed by atoms with Gasteiger partial charge in [0, 0.05) is 13.0 Å². The lowest BCUT2D eigenvalue weighted by molar-refractivity contribution is -0.391. The van der Waals surface area contributed by atoms with E-state index >= 15 is 4.79 Å². The van der Waals surface area contributed by atoms with E-state index in [-0.39, 0.29) is 25.2 Å². The van der Waals surface area contributed by atoms with Crippen molar-refractivity contribution in [2.24, 2.45) is 50.2 Å². The second-order valence-corrected chi connectivity index (χ2v) is 31.5. The van der Waals surface area contributed by atoms with Crippen molar-refractivity contribution in [2.75, 3.05) is 20.3 Å².